The van der Waals surface area contributed by atoms with Crippen molar-refractivity contribution in [3.63, 3.8) is 0 Å². The minimum Gasteiger partial charge on any atom is -0.293 e. The summed E-state index contributed by atoms with van der Waals surface area (Å²) >= 11 is 0. The van der Waals surface area contributed by atoms with Gasteiger partial charge in [-0.2, -0.15) is 0 Å². The molecular formula is C27H23N3. The molecule has 0 atom stereocenters. The van der Waals surface area contributed by atoms with Crippen molar-refractivity contribution in [3.05, 3.63) is 78.1 Å². The molecule has 0 spiro atoms. The number of hydrogen-bond acceptors (Lipinski definition) is 2. The zero-order chi connectivity index (χ0) is 20.6. The highest BCUT2D eigenvalue weighted by molar-refractivity contribution is 6.22. The molecule has 6 aromatic rings. The molecule has 0 N–H and O–H groups in total. The number of hydrogen-bond donors (Lipinski definition) is 0. The van der Waals surface area contributed by atoms with Crippen molar-refractivity contribution in [1.29, 1.82) is 0 Å². The van der Waals surface area contributed by atoms with Crippen LogP contribution in [-0.4, -0.2) is 14.4 Å². The summed E-state index contributed by atoms with van der Waals surface area (Å²) in [5, 5.41) is 5.02. The normalized spacial score (nSPS) is 12.7. The summed E-state index contributed by atoms with van der Waals surface area (Å²) in [4.78, 5) is 9.51. The molecule has 0 aliphatic rings. The van der Waals surface area contributed by atoms with Gasteiger partial charge < -0.3 is 0 Å². The minimum atomic E-state index is 0.121. The lowest BCUT2D eigenvalue weighted by Gasteiger charge is -2.19. The molecule has 0 radical (unpaired) electrons. The van der Waals surface area contributed by atoms with Crippen LogP contribution in [0.1, 0.15) is 31.9 Å². The van der Waals surface area contributed by atoms with Gasteiger partial charge in [0.25, 0.3) is 0 Å². The molecule has 0 fully saturated rings. The van der Waals surface area contributed by atoms with Crippen molar-refractivity contribution < 1.29 is 0 Å². The van der Waals surface area contributed by atoms with Crippen molar-refractivity contribution in [1.82, 2.24) is 14.4 Å². The van der Waals surface area contributed by atoms with E-state index in [-0.39, 0.29) is 5.41 Å². The molecule has 0 amide bonds. The zero-order valence-corrected chi connectivity index (χ0v) is 17.7. The predicted molar refractivity (Wildman–Crippen MR) is 126 cm³/mol. The van der Waals surface area contributed by atoms with Crippen molar-refractivity contribution >= 4 is 38.2 Å². The van der Waals surface area contributed by atoms with Crippen LogP contribution in [-0.2, 0) is 5.41 Å². The highest BCUT2D eigenvalue weighted by Gasteiger charge is 2.21. The Morgan fingerprint density at radius 2 is 1.57 bits per heavy atom. The molecule has 0 unspecified atom stereocenters. The first-order valence-corrected chi connectivity index (χ1v) is 10.4. The fourth-order valence-electron chi connectivity index (χ4n) is 4.59. The van der Waals surface area contributed by atoms with E-state index in [0.29, 0.717) is 0 Å². The molecule has 146 valence electrons. The molecule has 0 saturated heterocycles. The summed E-state index contributed by atoms with van der Waals surface area (Å²) in [6.45, 7) is 8.86. The number of aromatic nitrogens is 3. The first-order chi connectivity index (χ1) is 14.4. The molecule has 4 heterocycles. The van der Waals surface area contributed by atoms with E-state index in [0.717, 1.165) is 22.5 Å². The number of nitrogens with zero attached hydrogens (tertiary/aromatic N) is 3. The highest BCUT2D eigenvalue weighted by Crippen LogP contribution is 2.40. The lowest BCUT2D eigenvalue weighted by Crippen LogP contribution is -2.10. The monoisotopic (exact) mass is 389 g/mol. The van der Waals surface area contributed by atoms with E-state index in [1.165, 1.54) is 38.1 Å². The molecule has 0 aliphatic heterocycles. The van der Waals surface area contributed by atoms with Gasteiger partial charge in [-0.15, -0.1) is 0 Å². The van der Waals surface area contributed by atoms with Crippen molar-refractivity contribution in [2.45, 2.75) is 33.1 Å². The molecular weight excluding hydrogens is 366 g/mol. The quantitative estimate of drug-likeness (QED) is 0.306. The van der Waals surface area contributed by atoms with E-state index in [4.69, 9.17) is 4.98 Å². The Morgan fingerprint density at radius 3 is 2.30 bits per heavy atom. The second kappa shape index (κ2) is 5.79. The summed E-state index contributed by atoms with van der Waals surface area (Å²) in [7, 11) is 0. The van der Waals surface area contributed by atoms with Gasteiger partial charge in [0.2, 0.25) is 0 Å². The molecule has 3 heteroatoms. The topological polar surface area (TPSA) is 30.2 Å². The third-order valence-electron chi connectivity index (χ3n) is 6.23. The van der Waals surface area contributed by atoms with E-state index in [1.807, 2.05) is 12.4 Å². The van der Waals surface area contributed by atoms with Gasteiger partial charge in [0.1, 0.15) is 5.65 Å². The maximum atomic E-state index is 4.91. The molecule has 0 saturated carbocycles. The number of fused-ring (bicyclic) bond motifs is 6. The van der Waals surface area contributed by atoms with Crippen LogP contribution in [0.25, 0.3) is 49.5 Å². The Morgan fingerprint density at radius 1 is 0.767 bits per heavy atom. The van der Waals surface area contributed by atoms with Gasteiger partial charge >= 0.3 is 0 Å². The third-order valence-corrected chi connectivity index (χ3v) is 6.23. The number of rotatable bonds is 1. The third kappa shape index (κ3) is 2.32. The van der Waals surface area contributed by atoms with Crippen LogP contribution in [0.2, 0.25) is 0 Å². The van der Waals surface area contributed by atoms with Crippen LogP contribution in [0.3, 0.4) is 0 Å². The van der Waals surface area contributed by atoms with E-state index in [1.54, 1.807) is 0 Å². The van der Waals surface area contributed by atoms with E-state index >= 15 is 0 Å². The van der Waals surface area contributed by atoms with Crippen molar-refractivity contribution in [2.24, 2.45) is 0 Å². The van der Waals surface area contributed by atoms with Crippen LogP contribution in [0, 0.1) is 6.92 Å². The van der Waals surface area contributed by atoms with E-state index < -0.39 is 0 Å². The maximum Gasteiger partial charge on any atom is 0.145 e. The summed E-state index contributed by atoms with van der Waals surface area (Å²) in [5.41, 5.74) is 8.14. The molecule has 6 rings (SSSR count). The molecule has 30 heavy (non-hydrogen) atoms. The second-order valence-corrected chi connectivity index (χ2v) is 9.34. The first kappa shape index (κ1) is 17.4. The first-order valence-electron chi connectivity index (χ1n) is 10.4. The summed E-state index contributed by atoms with van der Waals surface area (Å²) < 4.78 is 2.33. The second-order valence-electron chi connectivity index (χ2n) is 9.34. The van der Waals surface area contributed by atoms with Crippen molar-refractivity contribution in [2.75, 3.05) is 0 Å². The Bertz CT molecular complexity index is 1560. The number of aryl methyl sites for hydroxylation is 1. The largest absolute Gasteiger partial charge is 0.293 e. The molecule has 4 aromatic heterocycles. The molecule has 0 aliphatic carbocycles. The lowest BCUT2D eigenvalue weighted by atomic mass is 9.86. The van der Waals surface area contributed by atoms with Gasteiger partial charge in [-0.1, -0.05) is 51.1 Å². The Hall–Kier alpha value is -3.46. The van der Waals surface area contributed by atoms with E-state index in [9.17, 15) is 0 Å². The molecule has 0 bridgehead atoms. The average Bonchev–Trinajstić information content (AvgIpc) is 3.24. The van der Waals surface area contributed by atoms with Gasteiger partial charge in [0.15, 0.2) is 0 Å². The fraction of sp³-hybridized carbons (Fsp3) is 0.185. The lowest BCUT2D eigenvalue weighted by molar-refractivity contribution is 0.591. The van der Waals surface area contributed by atoms with Crippen LogP contribution in [0.15, 0.2) is 67.0 Å². The van der Waals surface area contributed by atoms with E-state index in [2.05, 4.69) is 91.7 Å². The van der Waals surface area contributed by atoms with Crippen LogP contribution >= 0.6 is 0 Å². The van der Waals surface area contributed by atoms with Gasteiger partial charge in [0.05, 0.1) is 16.7 Å². The van der Waals surface area contributed by atoms with Crippen LogP contribution < -0.4 is 0 Å². The van der Waals surface area contributed by atoms with Gasteiger partial charge in [0, 0.05) is 39.5 Å². The van der Waals surface area contributed by atoms with Gasteiger partial charge in [-0.25, -0.2) is 4.98 Å². The average molecular weight is 390 g/mol. The Balaban J connectivity index is 1.70. The molecule has 3 nitrogen and oxygen atoms in total. The fourth-order valence-corrected chi connectivity index (χ4v) is 4.59. The summed E-state index contributed by atoms with van der Waals surface area (Å²) in [6, 6.07) is 19.9. The Kier molecular flexibility index (Phi) is 3.36. The Labute approximate surface area is 175 Å². The molecule has 2 aromatic carbocycles. The van der Waals surface area contributed by atoms with Crippen LogP contribution in [0.4, 0.5) is 0 Å². The number of pyridine rings is 2. The van der Waals surface area contributed by atoms with Crippen molar-refractivity contribution in [3.8, 4) is 11.3 Å². The number of benzene rings is 2. The standard InChI is InChI=1S/C27H23N3/c1-16-8-10-23(28-14-16)17-12-22-20-7-5-6-19-21-13-18(27(2,3)4)9-11-24(21)30(25(19)20)26(22)29-15-17/h5-15H,1-4H3. The highest BCUT2D eigenvalue weighted by atomic mass is 15.0. The SMILES string of the molecule is Cc1ccc(-c2cnc3c(c2)c2cccc4c5cc(C(C)(C)C)ccc5n3c42)nc1. The zero-order valence-electron chi connectivity index (χ0n) is 17.7. The summed E-state index contributed by atoms with van der Waals surface area (Å²) in [5.74, 6) is 0. The smallest absolute Gasteiger partial charge is 0.145 e. The maximum absolute atomic E-state index is 4.91. The van der Waals surface area contributed by atoms with Crippen LogP contribution in [0.5, 0.6) is 0 Å². The summed E-state index contributed by atoms with van der Waals surface area (Å²) in [6.07, 6.45) is 3.86. The van der Waals surface area contributed by atoms with Gasteiger partial charge in [-0.3, -0.25) is 9.38 Å². The number of para-hydroxylation sites is 1. The van der Waals surface area contributed by atoms with Gasteiger partial charge in [-0.05, 0) is 47.7 Å². The minimum absolute atomic E-state index is 0.121. The predicted octanol–water partition coefficient (Wildman–Crippen LogP) is 6.90.